The first-order chi connectivity index (χ1) is 7.94. The highest BCUT2D eigenvalue weighted by Crippen LogP contribution is 2.41. The minimum absolute atomic E-state index is 0.325. The molecule has 0 spiro atoms. The maximum Gasteiger partial charge on any atom is 0.264 e. The van der Waals surface area contributed by atoms with E-state index in [1.165, 1.54) is 5.56 Å². The Hall–Kier alpha value is -0.390. The minimum atomic E-state index is -3.29. The zero-order chi connectivity index (χ0) is 12.5. The Kier molecular flexibility index (Phi) is 3.90. The van der Waals surface area contributed by atoms with Crippen LogP contribution in [0.3, 0.4) is 0 Å². The van der Waals surface area contributed by atoms with E-state index < -0.39 is 10.1 Å². The molecule has 3 nitrogen and oxygen atoms in total. The summed E-state index contributed by atoms with van der Waals surface area (Å²) in [6.45, 7) is 0.325. The summed E-state index contributed by atoms with van der Waals surface area (Å²) in [4.78, 5) is 0. The van der Waals surface area contributed by atoms with Crippen molar-refractivity contribution in [2.75, 3.05) is 12.9 Å². The zero-order valence-corrected chi connectivity index (χ0v) is 12.0. The minimum Gasteiger partial charge on any atom is -0.270 e. The molecule has 0 bridgehead atoms. The fourth-order valence-electron chi connectivity index (χ4n) is 2.10. The van der Waals surface area contributed by atoms with Gasteiger partial charge in [-0.2, -0.15) is 8.42 Å². The normalized spacial score (nSPS) is 24.4. The molecule has 0 radical (unpaired) electrons. The molecule has 1 aliphatic rings. The van der Waals surface area contributed by atoms with Gasteiger partial charge in [-0.1, -0.05) is 28.1 Å². The topological polar surface area (TPSA) is 43.4 Å². The Morgan fingerprint density at radius 2 is 1.88 bits per heavy atom. The zero-order valence-electron chi connectivity index (χ0n) is 9.60. The Bertz CT molecular complexity index is 475. The van der Waals surface area contributed by atoms with Crippen molar-refractivity contribution in [1.82, 2.24) is 0 Å². The van der Waals surface area contributed by atoms with Crippen LogP contribution in [0.4, 0.5) is 0 Å². The molecule has 94 valence electrons. The SMILES string of the molecule is CS(=O)(=O)OCC1CC(c2ccc(Br)cc2)C1. The molecule has 0 aromatic heterocycles. The second-order valence-electron chi connectivity index (χ2n) is 4.57. The van der Waals surface area contributed by atoms with Gasteiger partial charge in [-0.25, -0.2) is 0 Å². The number of hydrogen-bond acceptors (Lipinski definition) is 3. The van der Waals surface area contributed by atoms with Gasteiger partial charge in [0.05, 0.1) is 12.9 Å². The summed E-state index contributed by atoms with van der Waals surface area (Å²) in [7, 11) is -3.29. The highest BCUT2D eigenvalue weighted by atomic mass is 79.9. The van der Waals surface area contributed by atoms with Crippen molar-refractivity contribution in [2.45, 2.75) is 18.8 Å². The third kappa shape index (κ3) is 3.79. The average Bonchev–Trinajstić information content (AvgIpc) is 2.16. The van der Waals surface area contributed by atoms with Crippen LogP contribution in [0.25, 0.3) is 0 Å². The molecular formula is C12H15BrO3S. The van der Waals surface area contributed by atoms with Gasteiger partial charge in [0.1, 0.15) is 0 Å². The molecule has 1 fully saturated rings. The predicted octanol–water partition coefficient (Wildman–Crippen LogP) is 2.92. The lowest BCUT2D eigenvalue weighted by atomic mass is 9.72. The van der Waals surface area contributed by atoms with Crippen molar-refractivity contribution in [2.24, 2.45) is 5.92 Å². The Morgan fingerprint density at radius 1 is 1.29 bits per heavy atom. The van der Waals surface area contributed by atoms with Gasteiger partial charge >= 0.3 is 0 Å². The lowest BCUT2D eigenvalue weighted by Gasteiger charge is -2.35. The first kappa shape index (κ1) is 13.1. The summed E-state index contributed by atoms with van der Waals surface area (Å²) in [5.74, 6) is 0.926. The van der Waals surface area contributed by atoms with Gasteiger partial charge < -0.3 is 0 Å². The van der Waals surface area contributed by atoms with E-state index in [4.69, 9.17) is 4.18 Å². The molecule has 1 aromatic carbocycles. The van der Waals surface area contributed by atoms with Crippen LogP contribution in [0.5, 0.6) is 0 Å². The molecule has 0 unspecified atom stereocenters. The van der Waals surface area contributed by atoms with Gasteiger partial charge in [-0.3, -0.25) is 4.18 Å². The monoisotopic (exact) mass is 318 g/mol. The lowest BCUT2D eigenvalue weighted by molar-refractivity contribution is 0.163. The average molecular weight is 319 g/mol. The van der Waals surface area contributed by atoms with Crippen LogP contribution in [0.15, 0.2) is 28.7 Å². The summed E-state index contributed by atoms with van der Waals surface area (Å²) in [5, 5.41) is 0. The summed E-state index contributed by atoms with van der Waals surface area (Å²) < 4.78 is 27.6. The molecule has 0 saturated heterocycles. The molecule has 1 saturated carbocycles. The second-order valence-corrected chi connectivity index (χ2v) is 7.13. The van der Waals surface area contributed by atoms with Crippen molar-refractivity contribution in [3.63, 3.8) is 0 Å². The summed E-state index contributed by atoms with van der Waals surface area (Å²) in [6.07, 6.45) is 3.12. The first-order valence-electron chi connectivity index (χ1n) is 5.54. The van der Waals surface area contributed by atoms with Crippen LogP contribution in [0.2, 0.25) is 0 Å². The molecule has 0 aliphatic heterocycles. The van der Waals surface area contributed by atoms with E-state index in [0.29, 0.717) is 18.4 Å². The fourth-order valence-corrected chi connectivity index (χ4v) is 2.80. The van der Waals surface area contributed by atoms with Gasteiger partial charge in [0.2, 0.25) is 0 Å². The van der Waals surface area contributed by atoms with Crippen LogP contribution in [0.1, 0.15) is 24.3 Å². The molecule has 0 heterocycles. The number of halogens is 1. The Balaban J connectivity index is 1.81. The maximum absolute atomic E-state index is 10.8. The molecule has 0 amide bonds. The van der Waals surface area contributed by atoms with E-state index in [-0.39, 0.29) is 0 Å². The van der Waals surface area contributed by atoms with Crippen molar-refractivity contribution in [1.29, 1.82) is 0 Å². The van der Waals surface area contributed by atoms with Crippen LogP contribution < -0.4 is 0 Å². The number of hydrogen-bond donors (Lipinski definition) is 0. The van der Waals surface area contributed by atoms with E-state index in [9.17, 15) is 8.42 Å². The van der Waals surface area contributed by atoms with Gasteiger partial charge in [0.15, 0.2) is 0 Å². The smallest absolute Gasteiger partial charge is 0.264 e. The van der Waals surface area contributed by atoms with Crippen molar-refractivity contribution in [3.05, 3.63) is 34.3 Å². The summed E-state index contributed by atoms with van der Waals surface area (Å²) >= 11 is 3.41. The Morgan fingerprint density at radius 3 is 2.41 bits per heavy atom. The van der Waals surface area contributed by atoms with Crippen LogP contribution in [-0.4, -0.2) is 21.3 Å². The third-order valence-electron chi connectivity index (χ3n) is 3.09. The molecule has 1 aromatic rings. The molecule has 5 heteroatoms. The first-order valence-corrected chi connectivity index (χ1v) is 8.15. The largest absolute Gasteiger partial charge is 0.270 e. The van der Waals surface area contributed by atoms with Crippen molar-refractivity contribution >= 4 is 26.0 Å². The van der Waals surface area contributed by atoms with Gasteiger partial charge in [-0.15, -0.1) is 0 Å². The van der Waals surface area contributed by atoms with Gasteiger partial charge in [0, 0.05) is 4.47 Å². The van der Waals surface area contributed by atoms with Crippen LogP contribution in [-0.2, 0) is 14.3 Å². The van der Waals surface area contributed by atoms with Crippen molar-refractivity contribution in [3.8, 4) is 0 Å². The van der Waals surface area contributed by atoms with E-state index in [1.54, 1.807) is 0 Å². The molecule has 2 rings (SSSR count). The highest BCUT2D eigenvalue weighted by Gasteiger charge is 2.31. The van der Waals surface area contributed by atoms with Gasteiger partial charge in [0.25, 0.3) is 10.1 Å². The standard InChI is InChI=1S/C12H15BrO3S/c1-17(14,15)16-8-9-6-11(7-9)10-2-4-12(13)5-3-10/h2-5,9,11H,6-8H2,1H3. The van der Waals surface area contributed by atoms with Crippen LogP contribution in [0, 0.1) is 5.92 Å². The maximum atomic E-state index is 10.8. The number of rotatable bonds is 4. The number of benzene rings is 1. The molecule has 0 atom stereocenters. The molecule has 0 N–H and O–H groups in total. The van der Waals surface area contributed by atoms with Gasteiger partial charge in [-0.05, 0) is 42.4 Å². The lowest BCUT2D eigenvalue weighted by Crippen LogP contribution is -2.27. The van der Waals surface area contributed by atoms with Crippen LogP contribution >= 0.6 is 15.9 Å². The molecular weight excluding hydrogens is 304 g/mol. The second kappa shape index (κ2) is 5.08. The van der Waals surface area contributed by atoms with E-state index in [1.807, 2.05) is 12.1 Å². The van der Waals surface area contributed by atoms with E-state index >= 15 is 0 Å². The third-order valence-corrected chi connectivity index (χ3v) is 4.19. The van der Waals surface area contributed by atoms with E-state index in [2.05, 4.69) is 28.1 Å². The van der Waals surface area contributed by atoms with E-state index in [0.717, 1.165) is 23.6 Å². The highest BCUT2D eigenvalue weighted by molar-refractivity contribution is 9.10. The Labute approximate surface area is 110 Å². The quantitative estimate of drug-likeness (QED) is 0.802. The predicted molar refractivity (Wildman–Crippen MR) is 70.4 cm³/mol. The summed E-state index contributed by atoms with van der Waals surface area (Å²) in [6, 6.07) is 8.30. The fraction of sp³-hybridized carbons (Fsp3) is 0.500. The van der Waals surface area contributed by atoms with Crippen molar-refractivity contribution < 1.29 is 12.6 Å². The molecule has 17 heavy (non-hydrogen) atoms. The molecule has 1 aliphatic carbocycles. The summed E-state index contributed by atoms with van der Waals surface area (Å²) in [5.41, 5.74) is 1.32.